The van der Waals surface area contributed by atoms with Gasteiger partial charge in [-0.2, -0.15) is 0 Å². The van der Waals surface area contributed by atoms with Crippen LogP contribution in [0, 0.1) is 16.0 Å². The van der Waals surface area contributed by atoms with E-state index < -0.39 is 4.92 Å². The van der Waals surface area contributed by atoms with Gasteiger partial charge in [-0.1, -0.05) is 32.0 Å². The number of likely N-dealkylation sites (tertiary alicyclic amines) is 1. The van der Waals surface area contributed by atoms with Gasteiger partial charge in [0.15, 0.2) is 0 Å². The average molecular weight is 461 g/mol. The molecule has 0 bridgehead atoms. The lowest BCUT2D eigenvalue weighted by molar-refractivity contribution is -0.384. The van der Waals surface area contributed by atoms with Crippen LogP contribution in [0.4, 0.5) is 17.1 Å². The summed E-state index contributed by atoms with van der Waals surface area (Å²) in [4.78, 5) is 26.3. The van der Waals surface area contributed by atoms with E-state index in [2.05, 4.69) is 22.5 Å². The van der Waals surface area contributed by atoms with Gasteiger partial charge in [-0.15, -0.1) is 12.4 Å². The zero-order chi connectivity index (χ0) is 22.2. The number of amides is 1. The predicted octanol–water partition coefficient (Wildman–Crippen LogP) is 5.37. The number of halogens is 1. The molecule has 2 N–H and O–H groups in total. The summed E-state index contributed by atoms with van der Waals surface area (Å²) >= 11 is 0. The fourth-order valence-corrected chi connectivity index (χ4v) is 3.93. The number of nitrogens with zero attached hydrogens (tertiary/aromatic N) is 2. The molecule has 0 aromatic heterocycles. The van der Waals surface area contributed by atoms with Gasteiger partial charge in [0.05, 0.1) is 4.92 Å². The van der Waals surface area contributed by atoms with Crippen molar-refractivity contribution in [3.05, 3.63) is 63.7 Å². The van der Waals surface area contributed by atoms with Crippen molar-refractivity contribution in [3.8, 4) is 0 Å². The number of carbonyl (C=O) groups excluding carboxylic acids is 1. The van der Waals surface area contributed by atoms with Crippen molar-refractivity contribution >= 4 is 35.4 Å². The Morgan fingerprint density at radius 1 is 1.16 bits per heavy atom. The van der Waals surface area contributed by atoms with E-state index in [0.717, 1.165) is 49.6 Å². The van der Waals surface area contributed by atoms with E-state index >= 15 is 0 Å². The monoisotopic (exact) mass is 460 g/mol. The molecule has 1 fully saturated rings. The highest BCUT2D eigenvalue weighted by Crippen LogP contribution is 2.26. The minimum atomic E-state index is -0.439. The predicted molar refractivity (Wildman–Crippen MR) is 132 cm³/mol. The molecule has 0 saturated carbocycles. The van der Waals surface area contributed by atoms with Crippen molar-refractivity contribution < 1.29 is 9.72 Å². The lowest BCUT2D eigenvalue weighted by Gasteiger charge is -2.30. The summed E-state index contributed by atoms with van der Waals surface area (Å²) in [6.07, 6.45) is 4.19. The normalized spacial score (nSPS) is 14.4. The van der Waals surface area contributed by atoms with Crippen LogP contribution in [0.3, 0.4) is 0 Å². The maximum Gasteiger partial charge on any atom is 0.293 e. The molecule has 2 aromatic rings. The fraction of sp³-hybridized carbons (Fsp3) is 0.458. The smallest absolute Gasteiger partial charge is 0.293 e. The summed E-state index contributed by atoms with van der Waals surface area (Å²) in [6, 6.07) is 12.2. The minimum absolute atomic E-state index is 0. The number of hydrogen-bond acceptors (Lipinski definition) is 5. The summed E-state index contributed by atoms with van der Waals surface area (Å²) in [5.41, 5.74) is 2.38. The molecule has 0 spiro atoms. The lowest BCUT2D eigenvalue weighted by Crippen LogP contribution is -2.34. The van der Waals surface area contributed by atoms with Gasteiger partial charge in [0.1, 0.15) is 5.69 Å². The van der Waals surface area contributed by atoms with Crippen LogP contribution in [-0.2, 0) is 6.42 Å². The molecule has 174 valence electrons. The first kappa shape index (κ1) is 25.6. The maximum absolute atomic E-state index is 12.7. The van der Waals surface area contributed by atoms with Gasteiger partial charge >= 0.3 is 0 Å². The highest BCUT2D eigenvalue weighted by atomic mass is 35.5. The summed E-state index contributed by atoms with van der Waals surface area (Å²) in [6.45, 7) is 8.22. The van der Waals surface area contributed by atoms with E-state index in [1.165, 1.54) is 18.9 Å². The second-order valence-corrected chi connectivity index (χ2v) is 8.26. The van der Waals surface area contributed by atoms with E-state index in [9.17, 15) is 14.9 Å². The summed E-state index contributed by atoms with van der Waals surface area (Å²) < 4.78 is 0. The highest BCUT2D eigenvalue weighted by molar-refractivity contribution is 6.05. The van der Waals surface area contributed by atoms with Gasteiger partial charge in [0.2, 0.25) is 0 Å². The third-order valence-corrected chi connectivity index (χ3v) is 5.95. The van der Waals surface area contributed by atoms with E-state index in [4.69, 9.17) is 0 Å². The third-order valence-electron chi connectivity index (χ3n) is 5.95. The third kappa shape index (κ3) is 6.93. The molecule has 7 nitrogen and oxygen atoms in total. The highest BCUT2D eigenvalue weighted by Gasteiger charge is 2.19. The van der Waals surface area contributed by atoms with E-state index in [1.807, 2.05) is 31.2 Å². The molecule has 8 heteroatoms. The van der Waals surface area contributed by atoms with Crippen LogP contribution in [0.15, 0.2) is 42.5 Å². The molecule has 0 aliphatic carbocycles. The van der Waals surface area contributed by atoms with Crippen molar-refractivity contribution in [2.75, 3.05) is 36.8 Å². The number of aryl methyl sites for hydroxylation is 1. The standard InChI is InChI=1S/C24H32N4O3.ClH/c1-3-19-7-4-5-8-21(19)26-24(29)20-9-10-22(23(17-20)28(30)31)25-13-6-14-27-15-11-18(2)12-16-27;/h4-5,7-10,17-18,25H,3,6,11-16H2,1-2H3,(H,26,29);1H. The molecule has 3 rings (SSSR count). The first-order chi connectivity index (χ1) is 15.0. The lowest BCUT2D eigenvalue weighted by atomic mass is 9.99. The van der Waals surface area contributed by atoms with Crippen molar-refractivity contribution in [3.63, 3.8) is 0 Å². The first-order valence-electron chi connectivity index (χ1n) is 11.1. The number of rotatable bonds is 9. The zero-order valence-corrected chi connectivity index (χ0v) is 19.6. The maximum atomic E-state index is 12.7. The van der Waals surface area contributed by atoms with Gasteiger partial charge in [0.25, 0.3) is 11.6 Å². The molecule has 0 unspecified atom stereocenters. The number of nitro groups is 1. The minimum Gasteiger partial charge on any atom is -0.379 e. The zero-order valence-electron chi connectivity index (χ0n) is 18.8. The molecule has 0 radical (unpaired) electrons. The number of nitrogens with one attached hydrogen (secondary N) is 2. The Labute approximate surface area is 196 Å². The van der Waals surface area contributed by atoms with Crippen LogP contribution in [0.25, 0.3) is 0 Å². The van der Waals surface area contributed by atoms with Gasteiger partial charge in [0, 0.05) is 23.9 Å². The number of anilines is 2. The molecule has 2 aromatic carbocycles. The molecule has 1 saturated heterocycles. The van der Waals surface area contributed by atoms with Gasteiger partial charge < -0.3 is 15.5 Å². The van der Waals surface area contributed by atoms with Gasteiger partial charge in [-0.25, -0.2) is 0 Å². The van der Waals surface area contributed by atoms with Gasteiger partial charge in [-0.3, -0.25) is 14.9 Å². The number of para-hydroxylation sites is 1. The van der Waals surface area contributed by atoms with Crippen LogP contribution >= 0.6 is 12.4 Å². The fourth-order valence-electron chi connectivity index (χ4n) is 3.93. The second-order valence-electron chi connectivity index (χ2n) is 8.26. The van der Waals surface area contributed by atoms with Crippen molar-refractivity contribution in [1.29, 1.82) is 0 Å². The van der Waals surface area contributed by atoms with Crippen molar-refractivity contribution in [1.82, 2.24) is 4.90 Å². The molecular weight excluding hydrogens is 428 g/mol. The second kappa shape index (κ2) is 12.4. The van der Waals surface area contributed by atoms with Crippen LogP contribution in [-0.4, -0.2) is 41.9 Å². The topological polar surface area (TPSA) is 87.5 Å². The molecule has 1 heterocycles. The number of nitro benzene ring substituents is 1. The average Bonchev–Trinajstić information content (AvgIpc) is 2.78. The summed E-state index contributed by atoms with van der Waals surface area (Å²) in [7, 11) is 0. The quantitative estimate of drug-likeness (QED) is 0.298. The Bertz CT molecular complexity index is 914. The Balaban J connectivity index is 0.00000363. The number of benzene rings is 2. The molecule has 32 heavy (non-hydrogen) atoms. The molecule has 1 amide bonds. The van der Waals surface area contributed by atoms with Crippen LogP contribution in [0.1, 0.15) is 49.0 Å². The first-order valence-corrected chi connectivity index (χ1v) is 11.1. The summed E-state index contributed by atoms with van der Waals surface area (Å²) in [5, 5.41) is 17.6. The molecule has 1 aliphatic rings. The number of piperidine rings is 1. The van der Waals surface area contributed by atoms with Crippen molar-refractivity contribution in [2.45, 2.75) is 39.5 Å². The van der Waals surface area contributed by atoms with Crippen LogP contribution in [0.5, 0.6) is 0 Å². The Kier molecular flexibility index (Phi) is 9.94. The Morgan fingerprint density at radius 3 is 2.56 bits per heavy atom. The van der Waals surface area contributed by atoms with Crippen LogP contribution in [0.2, 0.25) is 0 Å². The van der Waals surface area contributed by atoms with E-state index in [0.29, 0.717) is 12.2 Å². The molecular formula is C24H33ClN4O3. The number of hydrogen-bond donors (Lipinski definition) is 2. The molecule has 1 aliphatic heterocycles. The Hall–Kier alpha value is -2.64. The Morgan fingerprint density at radius 2 is 1.88 bits per heavy atom. The van der Waals surface area contributed by atoms with Crippen molar-refractivity contribution in [2.24, 2.45) is 5.92 Å². The van der Waals surface area contributed by atoms with Gasteiger partial charge in [-0.05, 0) is 75.0 Å². The largest absolute Gasteiger partial charge is 0.379 e. The number of carbonyl (C=O) groups is 1. The van der Waals surface area contributed by atoms with E-state index in [1.54, 1.807) is 12.1 Å². The van der Waals surface area contributed by atoms with Crippen LogP contribution < -0.4 is 10.6 Å². The molecule has 0 atom stereocenters. The van der Waals surface area contributed by atoms with E-state index in [-0.39, 0.29) is 29.6 Å². The SMILES string of the molecule is CCc1ccccc1NC(=O)c1ccc(NCCCN2CCC(C)CC2)c([N+](=O)[O-])c1.Cl. The summed E-state index contributed by atoms with van der Waals surface area (Å²) in [5.74, 6) is 0.457.